The molecule has 0 spiro atoms. The second-order valence-electron chi connectivity index (χ2n) is 8.76. The van der Waals surface area contributed by atoms with E-state index in [0.29, 0.717) is 31.4 Å². The van der Waals surface area contributed by atoms with Gasteiger partial charge in [-0.25, -0.2) is 4.79 Å². The van der Waals surface area contributed by atoms with Crippen molar-refractivity contribution in [2.75, 3.05) is 74.1 Å². The highest BCUT2D eigenvalue weighted by molar-refractivity contribution is 5.96. The molecule has 0 radical (unpaired) electrons. The van der Waals surface area contributed by atoms with Gasteiger partial charge in [0.15, 0.2) is 5.78 Å². The maximum atomic E-state index is 12.0. The van der Waals surface area contributed by atoms with Crippen LogP contribution in [0.5, 0.6) is 0 Å². The molecule has 3 N–H and O–H groups in total. The highest BCUT2D eigenvalue weighted by atomic mass is 16.5. The molecule has 0 unspecified atom stereocenters. The van der Waals surface area contributed by atoms with E-state index in [1.807, 2.05) is 39.2 Å². The third-order valence-electron chi connectivity index (χ3n) is 5.58. The molecule has 2 amide bonds. The molecule has 0 aromatic rings. The zero-order chi connectivity index (χ0) is 24.4. The molecule has 1 saturated carbocycles. The van der Waals surface area contributed by atoms with Gasteiger partial charge in [-0.15, -0.1) is 0 Å². The van der Waals surface area contributed by atoms with Gasteiger partial charge in [0.05, 0.1) is 6.61 Å². The van der Waals surface area contributed by atoms with E-state index in [0.717, 1.165) is 44.6 Å². The van der Waals surface area contributed by atoms with Crippen molar-refractivity contribution in [3.8, 4) is 0 Å². The van der Waals surface area contributed by atoms with Crippen molar-refractivity contribution >= 4 is 11.8 Å². The molecule has 1 rings (SSSR count). The SMILES string of the molecule is CCCNCCC[C@H]1CC/C(=C\N(C)C)C(=O)C1.CCN(CCN(C)CCOC)C(N)=O.[HH]. The number of urea groups is 1. The number of ketones is 1. The Labute approximate surface area is 198 Å². The lowest BCUT2D eigenvalue weighted by Crippen LogP contribution is -2.41. The maximum absolute atomic E-state index is 12.0. The van der Waals surface area contributed by atoms with Crippen molar-refractivity contribution in [3.63, 3.8) is 0 Å². The number of hydrogen-bond acceptors (Lipinski definition) is 6. The summed E-state index contributed by atoms with van der Waals surface area (Å²) in [6.07, 6.45) is 8.47. The quantitative estimate of drug-likeness (QED) is 0.308. The number of carbonyl (C=O) groups is 2. The van der Waals surface area contributed by atoms with Crippen molar-refractivity contribution in [2.45, 2.75) is 52.4 Å². The number of methoxy groups -OCH3 is 1. The molecule has 0 aromatic heterocycles. The first-order chi connectivity index (χ1) is 15.2. The number of nitrogens with two attached hydrogens (primary N) is 1. The van der Waals surface area contributed by atoms with Crippen LogP contribution < -0.4 is 11.1 Å². The van der Waals surface area contributed by atoms with Crippen LogP contribution in [-0.4, -0.2) is 101 Å². The molecule has 0 bridgehead atoms. The van der Waals surface area contributed by atoms with Gasteiger partial charge in [-0.1, -0.05) is 6.92 Å². The number of carbonyl (C=O) groups excluding carboxylic acids is 2. The Morgan fingerprint density at radius 1 is 1.22 bits per heavy atom. The number of amides is 2. The fourth-order valence-corrected chi connectivity index (χ4v) is 3.58. The lowest BCUT2D eigenvalue weighted by molar-refractivity contribution is -0.117. The minimum atomic E-state index is -0.354. The number of likely N-dealkylation sites (N-methyl/N-ethyl adjacent to an activating group) is 2. The zero-order valence-electron chi connectivity index (χ0n) is 21.5. The van der Waals surface area contributed by atoms with Crippen LogP contribution in [0, 0.1) is 5.92 Å². The monoisotopic (exact) mass is 457 g/mol. The van der Waals surface area contributed by atoms with Gasteiger partial charge in [-0.05, 0) is 65.1 Å². The van der Waals surface area contributed by atoms with Crippen molar-refractivity contribution in [1.82, 2.24) is 20.0 Å². The molecule has 8 nitrogen and oxygen atoms in total. The Balaban J connectivity index is 0. The maximum Gasteiger partial charge on any atom is 0.314 e. The number of nitrogens with zero attached hydrogens (tertiary/aromatic N) is 3. The fraction of sp³-hybridized carbons (Fsp3) is 0.833. The van der Waals surface area contributed by atoms with Crippen LogP contribution in [0.25, 0.3) is 0 Å². The van der Waals surface area contributed by atoms with Gasteiger partial charge in [0.25, 0.3) is 0 Å². The lowest BCUT2D eigenvalue weighted by atomic mass is 9.82. The molecule has 8 heteroatoms. The number of primary amides is 1. The Hall–Kier alpha value is -1.64. The molecule has 0 aliphatic heterocycles. The van der Waals surface area contributed by atoms with E-state index in [2.05, 4.69) is 17.1 Å². The number of ether oxygens (including phenoxy) is 1. The Bertz CT molecular complexity index is 546. The highest BCUT2D eigenvalue weighted by Gasteiger charge is 2.23. The summed E-state index contributed by atoms with van der Waals surface area (Å²) >= 11 is 0. The first kappa shape index (κ1) is 30.4. The first-order valence-electron chi connectivity index (χ1n) is 12.1. The van der Waals surface area contributed by atoms with Crippen LogP contribution >= 0.6 is 0 Å². The molecule has 1 aliphatic rings. The van der Waals surface area contributed by atoms with Gasteiger partial charge in [0.1, 0.15) is 0 Å². The van der Waals surface area contributed by atoms with Gasteiger partial charge < -0.3 is 30.5 Å². The van der Waals surface area contributed by atoms with Crippen LogP contribution in [0.4, 0.5) is 4.79 Å². The average Bonchev–Trinajstić information content (AvgIpc) is 2.74. The third kappa shape index (κ3) is 15.2. The van der Waals surface area contributed by atoms with Crippen LogP contribution in [0.1, 0.15) is 53.8 Å². The third-order valence-corrected chi connectivity index (χ3v) is 5.58. The summed E-state index contributed by atoms with van der Waals surface area (Å²) in [5.74, 6) is 0.974. The second kappa shape index (κ2) is 18.9. The minimum absolute atomic E-state index is 0. The Morgan fingerprint density at radius 3 is 2.47 bits per heavy atom. The highest BCUT2D eigenvalue weighted by Crippen LogP contribution is 2.28. The standard InChI is InChI=1S/C15H28N2O.C9H21N3O2.H2/c1-4-9-16-10-5-6-13-7-8-14(12-17(2)3)15(18)11-13;1-4-12(9(10)13)6-5-11(2)7-8-14-3;/h12-13,16H,4-11H2,1-3H3;4-8H2,1-3H3,(H2,10,13);1H/b14-12+;;/t13-;;/m0../s1. The average molecular weight is 458 g/mol. The van der Waals surface area contributed by atoms with Crippen molar-refractivity contribution < 1.29 is 15.8 Å². The molecular weight excluding hydrogens is 406 g/mol. The smallest absolute Gasteiger partial charge is 0.314 e. The van der Waals surface area contributed by atoms with Gasteiger partial charge in [0.2, 0.25) is 0 Å². The van der Waals surface area contributed by atoms with E-state index in [9.17, 15) is 9.59 Å². The van der Waals surface area contributed by atoms with Gasteiger partial charge >= 0.3 is 6.03 Å². The first-order valence-corrected chi connectivity index (χ1v) is 12.1. The summed E-state index contributed by atoms with van der Waals surface area (Å²) in [6, 6.07) is -0.354. The number of hydrogen-bond donors (Lipinski definition) is 2. The summed E-state index contributed by atoms with van der Waals surface area (Å²) in [7, 11) is 7.63. The van der Waals surface area contributed by atoms with Crippen molar-refractivity contribution in [1.29, 1.82) is 0 Å². The zero-order valence-corrected chi connectivity index (χ0v) is 21.5. The lowest BCUT2D eigenvalue weighted by Gasteiger charge is -2.23. The van der Waals surface area contributed by atoms with E-state index in [1.165, 1.54) is 25.7 Å². The predicted octanol–water partition coefficient (Wildman–Crippen LogP) is 2.79. The van der Waals surface area contributed by atoms with E-state index in [1.54, 1.807) is 12.0 Å². The molecule has 32 heavy (non-hydrogen) atoms. The Morgan fingerprint density at radius 2 is 1.94 bits per heavy atom. The molecule has 1 aliphatic carbocycles. The topological polar surface area (TPSA) is 91.1 Å². The van der Waals surface area contributed by atoms with E-state index < -0.39 is 0 Å². The van der Waals surface area contributed by atoms with Crippen molar-refractivity contribution in [3.05, 3.63) is 11.8 Å². The fourth-order valence-electron chi connectivity index (χ4n) is 3.58. The molecule has 0 saturated heterocycles. The molecule has 190 valence electrons. The van der Waals surface area contributed by atoms with Gasteiger partial charge in [0, 0.05) is 67.0 Å². The van der Waals surface area contributed by atoms with E-state index in [-0.39, 0.29) is 7.46 Å². The molecule has 0 heterocycles. The van der Waals surface area contributed by atoms with Crippen LogP contribution in [0.15, 0.2) is 11.8 Å². The summed E-state index contributed by atoms with van der Waals surface area (Å²) in [5, 5.41) is 3.42. The summed E-state index contributed by atoms with van der Waals surface area (Å²) in [4.78, 5) is 28.5. The van der Waals surface area contributed by atoms with E-state index >= 15 is 0 Å². The molecule has 1 fully saturated rings. The minimum Gasteiger partial charge on any atom is -0.383 e. The van der Waals surface area contributed by atoms with Crippen LogP contribution in [-0.2, 0) is 9.53 Å². The predicted molar refractivity (Wildman–Crippen MR) is 135 cm³/mol. The normalized spacial score (nSPS) is 17.3. The largest absolute Gasteiger partial charge is 0.383 e. The van der Waals surface area contributed by atoms with Gasteiger partial charge in [-0.3, -0.25) is 4.79 Å². The number of nitrogens with one attached hydrogen (secondary N) is 1. The van der Waals surface area contributed by atoms with Crippen LogP contribution in [0.2, 0.25) is 0 Å². The number of Topliss-reactive ketones (excluding diaryl/α,β-unsaturated/α-hetero) is 1. The van der Waals surface area contributed by atoms with Crippen molar-refractivity contribution in [2.24, 2.45) is 11.7 Å². The number of allylic oxidation sites excluding steroid dienone is 1. The molecular formula is C24H51N5O3. The van der Waals surface area contributed by atoms with Gasteiger partial charge in [-0.2, -0.15) is 0 Å². The molecule has 0 aromatic carbocycles. The summed E-state index contributed by atoms with van der Waals surface area (Å²) < 4.78 is 4.95. The van der Waals surface area contributed by atoms with Crippen LogP contribution in [0.3, 0.4) is 0 Å². The summed E-state index contributed by atoms with van der Waals surface area (Å²) in [5.41, 5.74) is 6.19. The number of rotatable bonds is 14. The second-order valence-corrected chi connectivity index (χ2v) is 8.76. The van der Waals surface area contributed by atoms with E-state index in [4.69, 9.17) is 10.5 Å². The molecule has 1 atom stereocenters. The summed E-state index contributed by atoms with van der Waals surface area (Å²) in [6.45, 7) is 10.0. The Kier molecular flexibility index (Phi) is 17.9.